The summed E-state index contributed by atoms with van der Waals surface area (Å²) >= 11 is 0. The summed E-state index contributed by atoms with van der Waals surface area (Å²) in [6, 6.07) is 14.3. The van der Waals surface area contributed by atoms with Gasteiger partial charge in [0.25, 0.3) is 5.91 Å². The molecule has 2 amide bonds. The average Bonchev–Trinajstić information content (AvgIpc) is 3.38. The molecule has 1 fully saturated rings. The van der Waals surface area contributed by atoms with E-state index in [1.165, 1.54) is 0 Å². The van der Waals surface area contributed by atoms with Gasteiger partial charge in [0.15, 0.2) is 5.82 Å². The molecule has 5 rings (SSSR count). The maximum atomic E-state index is 13.1. The lowest BCUT2D eigenvalue weighted by Gasteiger charge is -2.33. The number of primary amides is 1. The van der Waals surface area contributed by atoms with Crippen molar-refractivity contribution in [1.82, 2.24) is 24.6 Å². The molecule has 0 radical (unpaired) electrons. The number of fused-ring (bicyclic) bond motifs is 1. The molecule has 9 nitrogen and oxygen atoms in total. The van der Waals surface area contributed by atoms with Crippen LogP contribution in [0.25, 0.3) is 16.7 Å². The molecular formula is C23H20N6O3. The van der Waals surface area contributed by atoms with Crippen molar-refractivity contribution in [3.05, 3.63) is 83.9 Å². The van der Waals surface area contributed by atoms with Crippen molar-refractivity contribution in [2.75, 3.05) is 19.7 Å². The highest BCUT2D eigenvalue weighted by molar-refractivity contribution is 6.05. The van der Waals surface area contributed by atoms with E-state index in [-0.39, 0.29) is 5.91 Å². The van der Waals surface area contributed by atoms with Crippen LogP contribution in [0.3, 0.4) is 0 Å². The number of rotatable bonds is 4. The van der Waals surface area contributed by atoms with Crippen LogP contribution in [0.1, 0.15) is 32.5 Å². The van der Waals surface area contributed by atoms with Gasteiger partial charge in [0.05, 0.1) is 35.5 Å². The van der Waals surface area contributed by atoms with Crippen molar-refractivity contribution in [1.29, 1.82) is 0 Å². The van der Waals surface area contributed by atoms with Crippen LogP contribution >= 0.6 is 0 Å². The molecule has 3 aromatic heterocycles. The van der Waals surface area contributed by atoms with Crippen LogP contribution in [0.4, 0.5) is 0 Å². The molecule has 0 saturated carbocycles. The minimum atomic E-state index is -0.531. The van der Waals surface area contributed by atoms with Crippen LogP contribution in [0.5, 0.6) is 0 Å². The van der Waals surface area contributed by atoms with E-state index in [1.54, 1.807) is 52.4 Å². The third kappa shape index (κ3) is 3.69. The molecule has 1 aromatic carbocycles. The Morgan fingerprint density at radius 1 is 1.12 bits per heavy atom. The first-order valence-corrected chi connectivity index (χ1v) is 10.2. The van der Waals surface area contributed by atoms with Crippen LogP contribution in [-0.4, -0.2) is 56.2 Å². The first-order valence-electron chi connectivity index (χ1n) is 10.2. The molecule has 9 heteroatoms. The highest BCUT2D eigenvalue weighted by Gasteiger charge is 2.28. The monoisotopic (exact) mass is 428 g/mol. The molecule has 0 aliphatic carbocycles. The van der Waals surface area contributed by atoms with Crippen LogP contribution in [0, 0.1) is 0 Å². The van der Waals surface area contributed by atoms with Crippen LogP contribution in [0.2, 0.25) is 0 Å². The van der Waals surface area contributed by atoms with Crippen molar-refractivity contribution in [3.63, 3.8) is 0 Å². The summed E-state index contributed by atoms with van der Waals surface area (Å²) in [6.45, 7) is 1.12. The molecule has 1 aliphatic rings. The summed E-state index contributed by atoms with van der Waals surface area (Å²) in [6.07, 6.45) is 4.53. The van der Waals surface area contributed by atoms with Crippen molar-refractivity contribution < 1.29 is 14.3 Å². The minimum Gasteiger partial charge on any atom is -0.368 e. The zero-order valence-corrected chi connectivity index (χ0v) is 17.1. The van der Waals surface area contributed by atoms with Gasteiger partial charge in [0.2, 0.25) is 5.91 Å². The Morgan fingerprint density at radius 3 is 2.75 bits per heavy atom. The predicted octanol–water partition coefficient (Wildman–Crippen LogP) is 2.13. The summed E-state index contributed by atoms with van der Waals surface area (Å²) in [5.74, 6) is -0.0450. The van der Waals surface area contributed by atoms with Crippen molar-refractivity contribution in [2.45, 2.75) is 6.10 Å². The number of para-hydroxylation sites is 1. The van der Waals surface area contributed by atoms with Gasteiger partial charge in [-0.25, -0.2) is 14.6 Å². The third-order valence-electron chi connectivity index (χ3n) is 5.42. The molecule has 32 heavy (non-hydrogen) atoms. The Balaban J connectivity index is 1.39. The van der Waals surface area contributed by atoms with E-state index in [0.29, 0.717) is 53.2 Å². The second-order valence-electron chi connectivity index (χ2n) is 7.44. The Kier molecular flexibility index (Phi) is 5.08. The number of hydrogen-bond donors (Lipinski definition) is 1. The molecule has 0 bridgehead atoms. The third-order valence-corrected chi connectivity index (χ3v) is 5.42. The summed E-state index contributed by atoms with van der Waals surface area (Å²) in [5.41, 5.74) is 7.68. The minimum absolute atomic E-state index is 0.145. The fourth-order valence-electron chi connectivity index (χ4n) is 3.81. The fraction of sp³-hybridized carbons (Fsp3) is 0.174. The Bertz CT molecular complexity index is 1290. The van der Waals surface area contributed by atoms with Crippen molar-refractivity contribution in [2.24, 2.45) is 5.73 Å². The van der Waals surface area contributed by atoms with E-state index < -0.39 is 12.0 Å². The number of amides is 2. The van der Waals surface area contributed by atoms with Gasteiger partial charge in [-0.2, -0.15) is 5.10 Å². The van der Waals surface area contributed by atoms with Gasteiger partial charge >= 0.3 is 0 Å². The predicted molar refractivity (Wildman–Crippen MR) is 116 cm³/mol. The fourth-order valence-corrected chi connectivity index (χ4v) is 3.81. The van der Waals surface area contributed by atoms with Gasteiger partial charge in [-0.1, -0.05) is 18.2 Å². The smallest absolute Gasteiger partial charge is 0.255 e. The van der Waals surface area contributed by atoms with E-state index in [2.05, 4.69) is 15.1 Å². The Morgan fingerprint density at radius 2 is 2.00 bits per heavy atom. The van der Waals surface area contributed by atoms with Crippen molar-refractivity contribution in [3.8, 4) is 5.82 Å². The van der Waals surface area contributed by atoms with E-state index in [1.807, 2.05) is 24.3 Å². The number of ether oxygens (including phenoxy) is 1. The molecule has 1 saturated heterocycles. The maximum absolute atomic E-state index is 13.1. The number of aromatic nitrogens is 4. The van der Waals surface area contributed by atoms with Gasteiger partial charge in [0, 0.05) is 30.5 Å². The first-order chi connectivity index (χ1) is 15.6. The lowest BCUT2D eigenvalue weighted by molar-refractivity contribution is -0.0246. The van der Waals surface area contributed by atoms with Gasteiger partial charge in [-0.05, 0) is 30.3 Å². The molecule has 4 aromatic rings. The maximum Gasteiger partial charge on any atom is 0.255 e. The molecule has 2 N–H and O–H groups in total. The molecule has 1 aliphatic heterocycles. The number of morpholine rings is 1. The number of carbonyl (C=O) groups excluding carboxylic acids is 2. The second-order valence-corrected chi connectivity index (χ2v) is 7.44. The zero-order valence-electron chi connectivity index (χ0n) is 17.1. The molecule has 4 heterocycles. The van der Waals surface area contributed by atoms with Crippen LogP contribution in [0.15, 0.2) is 67.1 Å². The Labute approximate surface area is 183 Å². The van der Waals surface area contributed by atoms with E-state index in [4.69, 9.17) is 10.5 Å². The standard InChI is InChI=1S/C23H20N6O3/c24-22(30)17-12-19(27-18-5-2-1-4-16(17)18)20-14-28(10-11-32-20)23(31)15-6-7-21(25-13-15)29-9-3-8-26-29/h1-9,12-13,20H,10-11,14H2,(H2,24,30). The Hall–Kier alpha value is -4.11. The SMILES string of the molecule is NC(=O)c1cc(C2CN(C(=O)c3ccc(-n4cccn4)nc3)CCO2)nc2ccccc12. The lowest BCUT2D eigenvalue weighted by Crippen LogP contribution is -2.42. The van der Waals surface area contributed by atoms with Crippen LogP contribution < -0.4 is 5.73 Å². The second kappa shape index (κ2) is 8.20. The lowest BCUT2D eigenvalue weighted by atomic mass is 10.0. The van der Waals surface area contributed by atoms with Gasteiger partial charge in [-0.3, -0.25) is 9.59 Å². The number of hydrogen-bond acceptors (Lipinski definition) is 6. The summed E-state index contributed by atoms with van der Waals surface area (Å²) in [5, 5.41) is 4.83. The average molecular weight is 428 g/mol. The molecule has 160 valence electrons. The highest BCUT2D eigenvalue weighted by atomic mass is 16.5. The zero-order chi connectivity index (χ0) is 22.1. The molecule has 0 spiro atoms. The molecule has 1 atom stereocenters. The highest BCUT2D eigenvalue weighted by Crippen LogP contribution is 2.26. The topological polar surface area (TPSA) is 116 Å². The summed E-state index contributed by atoms with van der Waals surface area (Å²) in [4.78, 5) is 35.8. The number of nitrogens with zero attached hydrogens (tertiary/aromatic N) is 5. The van der Waals surface area contributed by atoms with Crippen molar-refractivity contribution >= 4 is 22.7 Å². The number of carbonyl (C=O) groups is 2. The number of benzene rings is 1. The quantitative estimate of drug-likeness (QED) is 0.532. The van der Waals surface area contributed by atoms with Gasteiger partial charge in [-0.15, -0.1) is 0 Å². The molecule has 1 unspecified atom stereocenters. The first kappa shape index (κ1) is 19.8. The number of pyridine rings is 2. The number of nitrogens with two attached hydrogens (primary N) is 1. The van der Waals surface area contributed by atoms with Crippen LogP contribution in [-0.2, 0) is 4.74 Å². The van der Waals surface area contributed by atoms with Gasteiger partial charge < -0.3 is 15.4 Å². The molecular weight excluding hydrogens is 408 g/mol. The van der Waals surface area contributed by atoms with E-state index in [0.717, 1.165) is 0 Å². The van der Waals surface area contributed by atoms with E-state index in [9.17, 15) is 9.59 Å². The largest absolute Gasteiger partial charge is 0.368 e. The van der Waals surface area contributed by atoms with Gasteiger partial charge in [0.1, 0.15) is 6.10 Å². The summed E-state index contributed by atoms with van der Waals surface area (Å²) < 4.78 is 7.52. The normalized spacial score (nSPS) is 16.2. The summed E-state index contributed by atoms with van der Waals surface area (Å²) in [7, 11) is 0. The van der Waals surface area contributed by atoms with E-state index >= 15 is 0 Å².